The predicted molar refractivity (Wildman–Crippen MR) is 91.5 cm³/mol. The van der Waals surface area contributed by atoms with Crippen LogP contribution in [-0.4, -0.2) is 10.5 Å². The molecule has 0 aliphatic heterocycles. The number of carbonyl (C=O) groups excluding carboxylic acids is 1. The van der Waals surface area contributed by atoms with Crippen molar-refractivity contribution >= 4 is 22.5 Å². The smallest absolute Gasteiger partial charge is 0.272 e. The van der Waals surface area contributed by atoms with E-state index < -0.39 is 0 Å². The molecule has 3 heteroatoms. The number of fused-ring (bicyclic) bond motifs is 1. The highest BCUT2D eigenvalue weighted by atomic mass is 16.2. The van der Waals surface area contributed by atoms with Crippen LogP contribution in [0.3, 0.4) is 0 Å². The number of amides is 1. The third-order valence-corrected chi connectivity index (χ3v) is 4.15. The summed E-state index contributed by atoms with van der Waals surface area (Å²) in [5.74, 6) is -0.0511. The summed E-state index contributed by atoms with van der Waals surface area (Å²) in [6.45, 7) is 6.85. The van der Waals surface area contributed by atoms with Gasteiger partial charge < -0.3 is 9.88 Å². The van der Waals surface area contributed by atoms with Crippen molar-refractivity contribution in [2.24, 2.45) is 0 Å². The second kappa shape index (κ2) is 5.68. The minimum atomic E-state index is -0.0511. The van der Waals surface area contributed by atoms with E-state index in [0.29, 0.717) is 0 Å². The van der Waals surface area contributed by atoms with Crippen LogP contribution in [0.2, 0.25) is 0 Å². The van der Waals surface area contributed by atoms with Crippen LogP contribution < -0.4 is 5.32 Å². The number of hydrogen-bond donors (Lipinski definition) is 1. The van der Waals surface area contributed by atoms with E-state index in [0.717, 1.165) is 40.0 Å². The molecule has 2 aromatic carbocycles. The number of para-hydroxylation sites is 2. The van der Waals surface area contributed by atoms with E-state index in [-0.39, 0.29) is 5.91 Å². The molecule has 112 valence electrons. The topological polar surface area (TPSA) is 34.0 Å². The fraction of sp³-hybridized carbons (Fsp3) is 0.211. The molecule has 3 aromatic rings. The van der Waals surface area contributed by atoms with Crippen LogP contribution in [0.15, 0.2) is 48.5 Å². The van der Waals surface area contributed by atoms with Gasteiger partial charge in [-0.2, -0.15) is 0 Å². The van der Waals surface area contributed by atoms with Crippen molar-refractivity contribution in [3.8, 4) is 0 Å². The van der Waals surface area contributed by atoms with Crippen molar-refractivity contribution in [2.75, 3.05) is 5.32 Å². The molecule has 1 heterocycles. The van der Waals surface area contributed by atoms with Crippen molar-refractivity contribution in [1.29, 1.82) is 0 Å². The first-order chi connectivity index (χ1) is 10.6. The van der Waals surface area contributed by atoms with E-state index in [1.54, 1.807) is 0 Å². The van der Waals surface area contributed by atoms with Crippen LogP contribution in [0.5, 0.6) is 0 Å². The molecule has 0 spiro atoms. The van der Waals surface area contributed by atoms with Crippen molar-refractivity contribution < 1.29 is 4.79 Å². The number of nitrogens with zero attached hydrogens (tertiary/aromatic N) is 1. The molecule has 0 atom stereocenters. The average Bonchev–Trinajstić information content (AvgIpc) is 2.82. The Labute approximate surface area is 130 Å². The van der Waals surface area contributed by atoms with Crippen molar-refractivity contribution in [2.45, 2.75) is 27.3 Å². The van der Waals surface area contributed by atoms with Crippen LogP contribution in [0.25, 0.3) is 10.9 Å². The Morgan fingerprint density at radius 1 is 1.05 bits per heavy atom. The lowest BCUT2D eigenvalue weighted by atomic mass is 10.1. The Bertz CT molecular complexity index is 846. The average molecular weight is 292 g/mol. The van der Waals surface area contributed by atoms with Crippen molar-refractivity contribution in [1.82, 2.24) is 4.57 Å². The third-order valence-electron chi connectivity index (χ3n) is 4.15. The summed E-state index contributed by atoms with van der Waals surface area (Å²) < 4.78 is 2.08. The number of aryl methyl sites for hydroxylation is 3. The molecule has 0 bridgehead atoms. The zero-order valence-electron chi connectivity index (χ0n) is 13.2. The highest BCUT2D eigenvalue weighted by Gasteiger charge is 2.19. The summed E-state index contributed by atoms with van der Waals surface area (Å²) >= 11 is 0. The highest BCUT2D eigenvalue weighted by molar-refractivity contribution is 6.08. The van der Waals surface area contributed by atoms with E-state index in [4.69, 9.17) is 0 Å². The second-order valence-corrected chi connectivity index (χ2v) is 5.50. The standard InChI is InChI=1S/C19H20N2O/c1-4-21-17-12-8-6-10-15(17)14(3)18(21)19(22)20-16-11-7-5-9-13(16)2/h5-12H,4H2,1-3H3,(H,20,22). The molecule has 0 unspecified atom stereocenters. The lowest BCUT2D eigenvalue weighted by Crippen LogP contribution is -2.18. The molecule has 1 amide bonds. The van der Waals surface area contributed by atoms with Crippen LogP contribution in [0.4, 0.5) is 5.69 Å². The molecule has 0 aliphatic carbocycles. The maximum atomic E-state index is 12.8. The molecule has 3 nitrogen and oxygen atoms in total. The van der Waals surface area contributed by atoms with Gasteiger partial charge in [-0.1, -0.05) is 36.4 Å². The number of rotatable bonds is 3. The van der Waals surface area contributed by atoms with E-state index in [1.807, 2.05) is 50.2 Å². The van der Waals surface area contributed by atoms with Crippen LogP contribution in [0, 0.1) is 13.8 Å². The van der Waals surface area contributed by atoms with Crippen LogP contribution >= 0.6 is 0 Å². The maximum Gasteiger partial charge on any atom is 0.272 e. The third kappa shape index (κ3) is 2.29. The summed E-state index contributed by atoms with van der Waals surface area (Å²) in [5.41, 5.74) is 4.81. The molecular formula is C19H20N2O. The van der Waals surface area contributed by atoms with Gasteiger partial charge in [0.1, 0.15) is 5.69 Å². The summed E-state index contributed by atoms with van der Waals surface area (Å²) in [5, 5.41) is 4.18. The van der Waals surface area contributed by atoms with Gasteiger partial charge in [0.25, 0.3) is 5.91 Å². The SMILES string of the molecule is CCn1c(C(=O)Nc2ccccc2C)c(C)c2ccccc21. The Morgan fingerprint density at radius 3 is 2.45 bits per heavy atom. The summed E-state index contributed by atoms with van der Waals surface area (Å²) in [6.07, 6.45) is 0. The van der Waals surface area contributed by atoms with Gasteiger partial charge in [-0.05, 0) is 44.0 Å². The number of hydrogen-bond acceptors (Lipinski definition) is 1. The zero-order chi connectivity index (χ0) is 15.7. The number of anilines is 1. The number of nitrogens with one attached hydrogen (secondary N) is 1. The van der Waals surface area contributed by atoms with E-state index in [9.17, 15) is 4.79 Å². The largest absolute Gasteiger partial charge is 0.337 e. The molecule has 0 radical (unpaired) electrons. The van der Waals surface area contributed by atoms with Crippen LogP contribution in [-0.2, 0) is 6.54 Å². The number of benzene rings is 2. The second-order valence-electron chi connectivity index (χ2n) is 5.50. The van der Waals surface area contributed by atoms with E-state index in [1.165, 1.54) is 0 Å². The molecule has 0 saturated carbocycles. The summed E-state index contributed by atoms with van der Waals surface area (Å²) in [6, 6.07) is 16.0. The lowest BCUT2D eigenvalue weighted by Gasteiger charge is -2.11. The van der Waals surface area contributed by atoms with Gasteiger partial charge in [0, 0.05) is 23.1 Å². The minimum Gasteiger partial charge on any atom is -0.337 e. The first-order valence-electron chi connectivity index (χ1n) is 7.58. The van der Waals surface area contributed by atoms with Gasteiger partial charge in [-0.3, -0.25) is 4.79 Å². The minimum absolute atomic E-state index is 0.0511. The molecule has 0 fully saturated rings. The highest BCUT2D eigenvalue weighted by Crippen LogP contribution is 2.26. The molecular weight excluding hydrogens is 272 g/mol. The molecule has 0 saturated heterocycles. The number of carbonyl (C=O) groups is 1. The van der Waals surface area contributed by atoms with Gasteiger partial charge >= 0.3 is 0 Å². The normalized spacial score (nSPS) is 10.9. The van der Waals surface area contributed by atoms with Gasteiger partial charge in [-0.25, -0.2) is 0 Å². The van der Waals surface area contributed by atoms with Gasteiger partial charge in [0.15, 0.2) is 0 Å². The van der Waals surface area contributed by atoms with Gasteiger partial charge in [0.2, 0.25) is 0 Å². The summed E-state index contributed by atoms with van der Waals surface area (Å²) in [4.78, 5) is 12.8. The number of aromatic nitrogens is 1. The fourth-order valence-corrected chi connectivity index (χ4v) is 2.99. The lowest BCUT2D eigenvalue weighted by molar-refractivity contribution is 0.101. The fourth-order valence-electron chi connectivity index (χ4n) is 2.99. The van der Waals surface area contributed by atoms with Crippen LogP contribution in [0.1, 0.15) is 28.5 Å². The summed E-state index contributed by atoms with van der Waals surface area (Å²) in [7, 11) is 0. The molecule has 3 rings (SSSR count). The monoisotopic (exact) mass is 292 g/mol. The van der Waals surface area contributed by atoms with E-state index in [2.05, 4.69) is 28.9 Å². The molecule has 1 aromatic heterocycles. The first-order valence-corrected chi connectivity index (χ1v) is 7.58. The molecule has 0 aliphatic rings. The predicted octanol–water partition coefficient (Wildman–Crippen LogP) is 4.53. The van der Waals surface area contributed by atoms with E-state index >= 15 is 0 Å². The Kier molecular flexibility index (Phi) is 3.72. The Morgan fingerprint density at radius 2 is 1.73 bits per heavy atom. The van der Waals surface area contributed by atoms with Crippen molar-refractivity contribution in [3.05, 3.63) is 65.4 Å². The Balaban J connectivity index is 2.08. The quantitative estimate of drug-likeness (QED) is 0.756. The van der Waals surface area contributed by atoms with Gasteiger partial charge in [-0.15, -0.1) is 0 Å². The van der Waals surface area contributed by atoms with Gasteiger partial charge in [0.05, 0.1) is 0 Å². The first kappa shape index (κ1) is 14.4. The Hall–Kier alpha value is -2.55. The maximum absolute atomic E-state index is 12.8. The molecule has 1 N–H and O–H groups in total. The zero-order valence-corrected chi connectivity index (χ0v) is 13.2. The van der Waals surface area contributed by atoms with Crippen molar-refractivity contribution in [3.63, 3.8) is 0 Å². The molecule has 22 heavy (non-hydrogen) atoms.